The molecule has 1 N–H and O–H groups in total. The summed E-state index contributed by atoms with van der Waals surface area (Å²) in [5.74, 6) is 0. The zero-order valence-corrected chi connectivity index (χ0v) is 9.28. The topological polar surface area (TPSA) is 29.5 Å². The number of aliphatic hydroxyl groups excluding tert-OH is 1. The van der Waals surface area contributed by atoms with Gasteiger partial charge in [-0.25, -0.2) is 0 Å². The van der Waals surface area contributed by atoms with Crippen LogP contribution >= 0.6 is 0 Å². The van der Waals surface area contributed by atoms with E-state index in [1.165, 1.54) is 11.1 Å². The molecule has 0 radical (unpaired) electrons. The van der Waals surface area contributed by atoms with Crippen LogP contribution in [0.3, 0.4) is 0 Å². The van der Waals surface area contributed by atoms with Crippen molar-refractivity contribution in [3.8, 4) is 0 Å². The summed E-state index contributed by atoms with van der Waals surface area (Å²) in [4.78, 5) is 0. The Labute approximate surface area is 95.6 Å². The fourth-order valence-corrected chi connectivity index (χ4v) is 2.81. The van der Waals surface area contributed by atoms with Gasteiger partial charge in [0, 0.05) is 18.6 Å². The Morgan fingerprint density at radius 1 is 1.25 bits per heavy atom. The highest BCUT2D eigenvalue weighted by atomic mass is 16.5. The molecule has 1 aliphatic heterocycles. The van der Waals surface area contributed by atoms with Crippen molar-refractivity contribution in [1.82, 2.24) is 0 Å². The highest BCUT2D eigenvalue weighted by molar-refractivity contribution is 5.66. The number of ether oxygens (including phenoxy) is 1. The van der Waals surface area contributed by atoms with Gasteiger partial charge in [-0.3, -0.25) is 0 Å². The molecule has 3 rings (SSSR count). The largest absolute Gasteiger partial charge is 0.392 e. The number of benzene rings is 1. The Morgan fingerprint density at radius 3 is 2.81 bits per heavy atom. The molecule has 1 saturated heterocycles. The van der Waals surface area contributed by atoms with Gasteiger partial charge in [-0.05, 0) is 35.6 Å². The van der Waals surface area contributed by atoms with Crippen molar-refractivity contribution in [2.45, 2.75) is 24.9 Å². The molecule has 1 spiro atoms. The van der Waals surface area contributed by atoms with Gasteiger partial charge in [-0.15, -0.1) is 0 Å². The number of hydrogen-bond acceptors (Lipinski definition) is 2. The van der Waals surface area contributed by atoms with Gasteiger partial charge in [0.1, 0.15) is 0 Å². The molecule has 0 bridgehead atoms. The molecule has 0 saturated carbocycles. The molecule has 1 fully saturated rings. The zero-order valence-electron chi connectivity index (χ0n) is 9.28. The summed E-state index contributed by atoms with van der Waals surface area (Å²) >= 11 is 0. The van der Waals surface area contributed by atoms with Gasteiger partial charge in [-0.2, -0.15) is 0 Å². The van der Waals surface area contributed by atoms with E-state index in [1.54, 1.807) is 0 Å². The fourth-order valence-electron chi connectivity index (χ4n) is 2.81. The first-order valence-electron chi connectivity index (χ1n) is 5.85. The Balaban J connectivity index is 2.02. The lowest BCUT2D eigenvalue weighted by Crippen LogP contribution is -2.30. The van der Waals surface area contributed by atoms with E-state index in [0.29, 0.717) is 0 Å². The van der Waals surface area contributed by atoms with Crippen LogP contribution in [0.25, 0.3) is 6.08 Å². The van der Waals surface area contributed by atoms with Crippen molar-refractivity contribution in [2.24, 2.45) is 0 Å². The average molecular weight is 216 g/mol. The molecule has 1 aliphatic carbocycles. The molecule has 2 aliphatic rings. The lowest BCUT2D eigenvalue weighted by molar-refractivity contribution is 0.0663. The molecule has 16 heavy (non-hydrogen) atoms. The van der Waals surface area contributed by atoms with Crippen LogP contribution in [-0.4, -0.2) is 18.3 Å². The molecule has 84 valence electrons. The van der Waals surface area contributed by atoms with Gasteiger partial charge in [-0.1, -0.05) is 24.3 Å². The first kappa shape index (κ1) is 10.1. The third-order valence-electron chi connectivity index (χ3n) is 3.80. The number of allylic oxidation sites excluding steroid dienone is 1. The van der Waals surface area contributed by atoms with Crippen LogP contribution in [0.15, 0.2) is 24.3 Å². The summed E-state index contributed by atoms with van der Waals surface area (Å²) in [6.07, 6.45) is 6.67. The van der Waals surface area contributed by atoms with Crippen LogP contribution in [0.2, 0.25) is 0 Å². The van der Waals surface area contributed by atoms with Gasteiger partial charge in [0.25, 0.3) is 0 Å². The van der Waals surface area contributed by atoms with E-state index in [9.17, 15) is 0 Å². The highest BCUT2D eigenvalue weighted by Crippen LogP contribution is 2.43. The predicted octanol–water partition coefficient (Wildman–Crippen LogP) is 2.25. The molecular weight excluding hydrogens is 200 g/mol. The van der Waals surface area contributed by atoms with Crippen molar-refractivity contribution in [2.75, 3.05) is 13.2 Å². The summed E-state index contributed by atoms with van der Waals surface area (Å²) in [5.41, 5.74) is 3.88. The van der Waals surface area contributed by atoms with Crippen molar-refractivity contribution in [3.05, 3.63) is 41.0 Å². The van der Waals surface area contributed by atoms with Crippen LogP contribution in [0.5, 0.6) is 0 Å². The Morgan fingerprint density at radius 2 is 2.06 bits per heavy atom. The summed E-state index contributed by atoms with van der Waals surface area (Å²) in [6.45, 7) is 1.83. The van der Waals surface area contributed by atoms with Crippen molar-refractivity contribution >= 4 is 6.08 Å². The molecule has 1 aromatic carbocycles. The standard InChI is InChI=1S/C14H16O2/c15-10-11-1-2-13-12(9-11)3-4-14(13)5-7-16-8-6-14/h1-4,9,15H,5-8,10H2. The normalized spacial score (nSPS) is 21.3. The van der Waals surface area contributed by atoms with Gasteiger partial charge in [0.15, 0.2) is 0 Å². The van der Waals surface area contributed by atoms with E-state index in [2.05, 4.69) is 24.3 Å². The Kier molecular flexibility index (Phi) is 2.34. The molecule has 2 nitrogen and oxygen atoms in total. The quantitative estimate of drug-likeness (QED) is 0.780. The van der Waals surface area contributed by atoms with E-state index in [0.717, 1.165) is 31.6 Å². The number of rotatable bonds is 1. The van der Waals surface area contributed by atoms with E-state index in [4.69, 9.17) is 9.84 Å². The Bertz CT molecular complexity index is 428. The van der Waals surface area contributed by atoms with Crippen molar-refractivity contribution < 1.29 is 9.84 Å². The monoisotopic (exact) mass is 216 g/mol. The molecule has 0 aromatic heterocycles. The molecule has 1 heterocycles. The molecule has 0 unspecified atom stereocenters. The van der Waals surface area contributed by atoms with Crippen LogP contribution in [0.1, 0.15) is 29.5 Å². The van der Waals surface area contributed by atoms with Crippen LogP contribution in [-0.2, 0) is 16.8 Å². The molecule has 1 aromatic rings. The Hall–Kier alpha value is -1.12. The fraction of sp³-hybridized carbons (Fsp3) is 0.429. The van der Waals surface area contributed by atoms with E-state index < -0.39 is 0 Å². The summed E-state index contributed by atoms with van der Waals surface area (Å²) in [5, 5.41) is 9.13. The smallest absolute Gasteiger partial charge is 0.0682 e. The van der Waals surface area contributed by atoms with Crippen LogP contribution in [0, 0.1) is 0 Å². The predicted molar refractivity (Wildman–Crippen MR) is 63.1 cm³/mol. The van der Waals surface area contributed by atoms with Gasteiger partial charge in [0.2, 0.25) is 0 Å². The van der Waals surface area contributed by atoms with Gasteiger partial charge in [0.05, 0.1) is 6.61 Å². The molecule has 0 amide bonds. The van der Waals surface area contributed by atoms with Gasteiger partial charge >= 0.3 is 0 Å². The van der Waals surface area contributed by atoms with E-state index >= 15 is 0 Å². The van der Waals surface area contributed by atoms with Crippen LogP contribution in [0.4, 0.5) is 0 Å². The molecule has 0 atom stereocenters. The number of aliphatic hydroxyl groups is 1. The van der Waals surface area contributed by atoms with Gasteiger partial charge < -0.3 is 9.84 Å². The van der Waals surface area contributed by atoms with Crippen molar-refractivity contribution in [3.63, 3.8) is 0 Å². The second-order valence-electron chi connectivity index (χ2n) is 4.68. The minimum atomic E-state index is 0.122. The number of hydrogen-bond donors (Lipinski definition) is 1. The minimum Gasteiger partial charge on any atom is -0.392 e. The second kappa shape index (κ2) is 3.72. The summed E-state index contributed by atoms with van der Waals surface area (Å²) < 4.78 is 5.44. The molecule has 2 heteroatoms. The van der Waals surface area contributed by atoms with E-state index in [1.807, 2.05) is 6.07 Å². The second-order valence-corrected chi connectivity index (χ2v) is 4.68. The van der Waals surface area contributed by atoms with E-state index in [-0.39, 0.29) is 12.0 Å². The maximum Gasteiger partial charge on any atom is 0.0682 e. The summed E-state index contributed by atoms with van der Waals surface area (Å²) in [6, 6.07) is 6.30. The lowest BCUT2D eigenvalue weighted by atomic mass is 9.76. The summed E-state index contributed by atoms with van der Waals surface area (Å²) in [7, 11) is 0. The minimum absolute atomic E-state index is 0.122. The first-order valence-corrected chi connectivity index (χ1v) is 5.85. The molecular formula is C14H16O2. The first-order chi connectivity index (χ1) is 7.84. The maximum absolute atomic E-state index is 9.13. The third-order valence-corrected chi connectivity index (χ3v) is 3.80. The zero-order chi connectivity index (χ0) is 11.0. The van der Waals surface area contributed by atoms with Crippen LogP contribution < -0.4 is 0 Å². The SMILES string of the molecule is OCc1ccc2c(c1)C=CC21CCOCC1. The highest BCUT2D eigenvalue weighted by Gasteiger charge is 2.36. The lowest BCUT2D eigenvalue weighted by Gasteiger charge is -2.33. The maximum atomic E-state index is 9.13. The average Bonchev–Trinajstić information content (AvgIpc) is 2.69. The third kappa shape index (κ3) is 1.41. The van der Waals surface area contributed by atoms with Crippen molar-refractivity contribution in [1.29, 1.82) is 0 Å². The number of fused-ring (bicyclic) bond motifs is 2.